The molecular weight excluding hydrogens is 224 g/mol. The Labute approximate surface area is 110 Å². The van der Waals surface area contributed by atoms with Gasteiger partial charge in [0.05, 0.1) is 18.4 Å². The molecule has 18 heavy (non-hydrogen) atoms. The van der Waals surface area contributed by atoms with Crippen LogP contribution in [-0.4, -0.2) is 40.4 Å². The maximum absolute atomic E-state index is 4.43. The molecule has 0 aromatic carbocycles. The Hall–Kier alpha value is -1.03. The first-order chi connectivity index (χ1) is 8.81. The van der Waals surface area contributed by atoms with E-state index in [0.29, 0.717) is 6.04 Å². The van der Waals surface area contributed by atoms with Crippen LogP contribution in [0.25, 0.3) is 0 Å². The monoisotopic (exact) mass is 250 g/mol. The van der Waals surface area contributed by atoms with Crippen molar-refractivity contribution >= 4 is 5.69 Å². The van der Waals surface area contributed by atoms with Crippen molar-refractivity contribution in [2.45, 2.75) is 52.1 Å². The molecule has 0 amide bonds. The Morgan fingerprint density at radius 3 is 2.72 bits per heavy atom. The zero-order chi connectivity index (χ0) is 12.8. The number of hydrogen-bond acceptors (Lipinski definition) is 3. The van der Waals surface area contributed by atoms with Gasteiger partial charge in [0.1, 0.15) is 0 Å². The van der Waals surface area contributed by atoms with Gasteiger partial charge in [-0.05, 0) is 25.9 Å². The van der Waals surface area contributed by atoms with Gasteiger partial charge in [-0.1, -0.05) is 26.7 Å². The minimum absolute atomic E-state index is 0.672. The molecule has 1 aromatic rings. The van der Waals surface area contributed by atoms with Gasteiger partial charge in [0.2, 0.25) is 0 Å². The van der Waals surface area contributed by atoms with E-state index in [1.165, 1.54) is 31.4 Å². The van der Waals surface area contributed by atoms with Crippen molar-refractivity contribution in [3.05, 3.63) is 12.4 Å². The fourth-order valence-electron chi connectivity index (χ4n) is 2.65. The predicted octanol–water partition coefficient (Wildman–Crippen LogP) is 2.58. The van der Waals surface area contributed by atoms with Crippen molar-refractivity contribution in [2.24, 2.45) is 0 Å². The lowest BCUT2D eigenvalue weighted by Crippen LogP contribution is -2.27. The highest BCUT2D eigenvalue weighted by molar-refractivity contribution is 5.39. The maximum Gasteiger partial charge on any atom is 0.0728 e. The quantitative estimate of drug-likeness (QED) is 0.807. The topological polar surface area (TPSA) is 33.1 Å². The van der Waals surface area contributed by atoms with Crippen LogP contribution in [0.15, 0.2) is 12.4 Å². The zero-order valence-electron chi connectivity index (χ0n) is 11.7. The summed E-state index contributed by atoms with van der Waals surface area (Å²) in [7, 11) is 0. The smallest absolute Gasteiger partial charge is 0.0728 e. The molecule has 0 aliphatic heterocycles. The lowest BCUT2D eigenvalue weighted by Gasteiger charge is -2.17. The molecule has 102 valence electrons. The molecule has 0 bridgehead atoms. The van der Waals surface area contributed by atoms with E-state index >= 15 is 0 Å². The third-order valence-electron chi connectivity index (χ3n) is 3.90. The molecule has 1 N–H and O–H groups in total. The van der Waals surface area contributed by atoms with Crippen LogP contribution in [0.5, 0.6) is 0 Å². The van der Waals surface area contributed by atoms with E-state index in [4.69, 9.17) is 0 Å². The second-order valence-corrected chi connectivity index (χ2v) is 5.14. The van der Waals surface area contributed by atoms with E-state index in [-0.39, 0.29) is 0 Å². The second-order valence-electron chi connectivity index (χ2n) is 5.14. The minimum atomic E-state index is 0.672. The van der Waals surface area contributed by atoms with Crippen molar-refractivity contribution in [1.82, 2.24) is 14.7 Å². The maximum atomic E-state index is 4.43. The molecule has 1 heterocycles. The van der Waals surface area contributed by atoms with Gasteiger partial charge in [-0.15, -0.1) is 0 Å². The highest BCUT2D eigenvalue weighted by Crippen LogP contribution is 2.21. The summed E-state index contributed by atoms with van der Waals surface area (Å²) in [5.74, 6) is 0. The van der Waals surface area contributed by atoms with Gasteiger partial charge in [-0.25, -0.2) is 0 Å². The molecule has 1 aliphatic carbocycles. The molecule has 1 aliphatic rings. The Kier molecular flexibility index (Phi) is 5.05. The first-order valence-corrected chi connectivity index (χ1v) is 7.33. The Morgan fingerprint density at radius 2 is 2.06 bits per heavy atom. The fraction of sp³-hybridized carbons (Fsp3) is 0.786. The van der Waals surface area contributed by atoms with Crippen LogP contribution >= 0.6 is 0 Å². The average Bonchev–Trinajstić information content (AvgIpc) is 3.03. The van der Waals surface area contributed by atoms with Crippen molar-refractivity contribution in [3.8, 4) is 0 Å². The van der Waals surface area contributed by atoms with Crippen LogP contribution < -0.4 is 5.32 Å². The summed E-state index contributed by atoms with van der Waals surface area (Å²) in [5, 5.41) is 8.01. The Morgan fingerprint density at radius 1 is 1.33 bits per heavy atom. The van der Waals surface area contributed by atoms with Gasteiger partial charge < -0.3 is 10.2 Å². The van der Waals surface area contributed by atoms with Crippen LogP contribution in [0.1, 0.15) is 39.5 Å². The van der Waals surface area contributed by atoms with Gasteiger partial charge in [-0.2, -0.15) is 5.10 Å². The summed E-state index contributed by atoms with van der Waals surface area (Å²) in [6.07, 6.45) is 9.46. The molecule has 0 unspecified atom stereocenters. The van der Waals surface area contributed by atoms with E-state index in [1.807, 2.05) is 6.20 Å². The molecule has 1 saturated carbocycles. The highest BCUT2D eigenvalue weighted by Gasteiger charge is 2.14. The summed E-state index contributed by atoms with van der Waals surface area (Å²) in [4.78, 5) is 2.42. The standard InChI is InChI=1S/C14H26N4/c1-3-17(4-2)9-10-18-12-14(11-15-18)16-13-7-5-6-8-13/h11-13,16H,3-10H2,1-2H3. The lowest BCUT2D eigenvalue weighted by atomic mass is 10.2. The van der Waals surface area contributed by atoms with Crippen LogP contribution in [0.2, 0.25) is 0 Å². The van der Waals surface area contributed by atoms with E-state index in [0.717, 1.165) is 26.2 Å². The molecular formula is C14H26N4. The number of rotatable bonds is 7. The van der Waals surface area contributed by atoms with Crippen molar-refractivity contribution in [1.29, 1.82) is 0 Å². The number of nitrogens with zero attached hydrogens (tertiary/aromatic N) is 3. The summed E-state index contributed by atoms with van der Waals surface area (Å²) in [6, 6.07) is 0.672. The predicted molar refractivity (Wildman–Crippen MR) is 75.9 cm³/mol. The first-order valence-electron chi connectivity index (χ1n) is 7.33. The van der Waals surface area contributed by atoms with E-state index in [1.54, 1.807) is 0 Å². The van der Waals surface area contributed by atoms with Gasteiger partial charge in [-0.3, -0.25) is 4.68 Å². The number of anilines is 1. The van der Waals surface area contributed by atoms with Gasteiger partial charge in [0, 0.05) is 18.8 Å². The van der Waals surface area contributed by atoms with Crippen LogP contribution in [-0.2, 0) is 6.54 Å². The van der Waals surface area contributed by atoms with Crippen LogP contribution in [0.3, 0.4) is 0 Å². The Bertz CT molecular complexity index is 337. The van der Waals surface area contributed by atoms with E-state index < -0.39 is 0 Å². The highest BCUT2D eigenvalue weighted by atomic mass is 15.3. The largest absolute Gasteiger partial charge is 0.380 e. The first kappa shape index (κ1) is 13.4. The number of likely N-dealkylation sites (N-methyl/N-ethyl adjacent to an activating group) is 1. The van der Waals surface area contributed by atoms with Gasteiger partial charge in [0.15, 0.2) is 0 Å². The van der Waals surface area contributed by atoms with Crippen LogP contribution in [0, 0.1) is 0 Å². The average molecular weight is 250 g/mol. The summed E-state index contributed by atoms with van der Waals surface area (Å²) in [6.45, 7) is 8.71. The van der Waals surface area contributed by atoms with Gasteiger partial charge in [0.25, 0.3) is 0 Å². The third-order valence-corrected chi connectivity index (χ3v) is 3.90. The SMILES string of the molecule is CCN(CC)CCn1cc(NC2CCCC2)cn1. The molecule has 1 aromatic heterocycles. The van der Waals surface area contributed by atoms with Crippen LogP contribution in [0.4, 0.5) is 5.69 Å². The van der Waals surface area contributed by atoms with Crippen molar-refractivity contribution in [2.75, 3.05) is 25.0 Å². The summed E-state index contributed by atoms with van der Waals surface area (Å²) in [5.41, 5.74) is 1.18. The molecule has 4 nitrogen and oxygen atoms in total. The molecule has 0 saturated heterocycles. The molecule has 2 rings (SSSR count). The molecule has 1 fully saturated rings. The summed E-state index contributed by atoms with van der Waals surface area (Å²) < 4.78 is 2.05. The van der Waals surface area contributed by atoms with E-state index in [2.05, 4.69) is 40.0 Å². The van der Waals surface area contributed by atoms with Crippen molar-refractivity contribution < 1.29 is 0 Å². The third kappa shape index (κ3) is 3.73. The van der Waals surface area contributed by atoms with Crippen molar-refractivity contribution in [3.63, 3.8) is 0 Å². The Balaban J connectivity index is 1.78. The fourth-order valence-corrected chi connectivity index (χ4v) is 2.65. The summed E-state index contributed by atoms with van der Waals surface area (Å²) >= 11 is 0. The number of nitrogens with one attached hydrogen (secondary N) is 1. The number of aromatic nitrogens is 2. The number of hydrogen-bond donors (Lipinski definition) is 1. The zero-order valence-corrected chi connectivity index (χ0v) is 11.7. The van der Waals surface area contributed by atoms with E-state index in [9.17, 15) is 0 Å². The molecule has 0 atom stereocenters. The minimum Gasteiger partial charge on any atom is -0.380 e. The lowest BCUT2D eigenvalue weighted by molar-refractivity contribution is 0.285. The molecule has 0 spiro atoms. The second kappa shape index (κ2) is 6.78. The normalized spacial score (nSPS) is 16.6. The van der Waals surface area contributed by atoms with Gasteiger partial charge >= 0.3 is 0 Å². The molecule has 0 radical (unpaired) electrons. The molecule has 4 heteroatoms.